The summed E-state index contributed by atoms with van der Waals surface area (Å²) < 4.78 is 5.41. The Balaban J connectivity index is 2.12. The van der Waals surface area contributed by atoms with Crippen molar-refractivity contribution in [2.24, 2.45) is 0 Å². The molecule has 1 aliphatic heterocycles. The van der Waals surface area contributed by atoms with Crippen LogP contribution < -0.4 is 0 Å². The van der Waals surface area contributed by atoms with E-state index in [1.807, 2.05) is 0 Å². The SMILES string of the molecule is OCCCc1ccc2c(c1)COCC2. The second-order valence-corrected chi connectivity index (χ2v) is 3.73. The van der Waals surface area contributed by atoms with Crippen LogP contribution in [0.25, 0.3) is 0 Å². The quantitative estimate of drug-likeness (QED) is 0.789. The number of ether oxygens (including phenoxy) is 1. The van der Waals surface area contributed by atoms with E-state index in [-0.39, 0.29) is 6.61 Å². The van der Waals surface area contributed by atoms with Gasteiger partial charge in [-0.15, -0.1) is 0 Å². The molecule has 1 N–H and O–H groups in total. The molecule has 0 radical (unpaired) electrons. The summed E-state index contributed by atoms with van der Waals surface area (Å²) in [5, 5.41) is 8.74. The standard InChI is InChI=1S/C12H16O2/c13-6-1-2-10-3-4-11-5-7-14-9-12(11)8-10/h3-4,8,13H,1-2,5-7,9H2. The summed E-state index contributed by atoms with van der Waals surface area (Å²) in [6, 6.07) is 6.58. The molecule has 0 aliphatic carbocycles. The zero-order valence-corrected chi connectivity index (χ0v) is 8.33. The van der Waals surface area contributed by atoms with Gasteiger partial charge in [-0.3, -0.25) is 0 Å². The molecule has 1 aromatic rings. The lowest BCUT2D eigenvalue weighted by molar-refractivity contribution is 0.110. The van der Waals surface area contributed by atoms with Crippen molar-refractivity contribution in [1.82, 2.24) is 0 Å². The van der Waals surface area contributed by atoms with Crippen LogP contribution in [-0.2, 0) is 24.2 Å². The van der Waals surface area contributed by atoms with Gasteiger partial charge in [0.15, 0.2) is 0 Å². The molecule has 2 rings (SSSR count). The minimum Gasteiger partial charge on any atom is -0.396 e. The van der Waals surface area contributed by atoms with Crippen LogP contribution >= 0.6 is 0 Å². The van der Waals surface area contributed by atoms with E-state index in [0.29, 0.717) is 0 Å². The number of aliphatic hydroxyl groups excluding tert-OH is 1. The predicted octanol–water partition coefficient (Wildman–Crippen LogP) is 1.68. The maximum Gasteiger partial charge on any atom is 0.0719 e. The molecule has 1 aliphatic rings. The van der Waals surface area contributed by atoms with E-state index in [1.165, 1.54) is 16.7 Å². The van der Waals surface area contributed by atoms with E-state index in [2.05, 4.69) is 18.2 Å². The zero-order chi connectivity index (χ0) is 9.80. The van der Waals surface area contributed by atoms with Crippen molar-refractivity contribution in [2.75, 3.05) is 13.2 Å². The third-order valence-electron chi connectivity index (χ3n) is 2.67. The van der Waals surface area contributed by atoms with E-state index in [9.17, 15) is 0 Å². The van der Waals surface area contributed by atoms with Crippen LogP contribution in [-0.4, -0.2) is 18.3 Å². The van der Waals surface area contributed by atoms with Crippen LogP contribution in [0, 0.1) is 0 Å². The molecule has 2 nitrogen and oxygen atoms in total. The van der Waals surface area contributed by atoms with Crippen molar-refractivity contribution in [1.29, 1.82) is 0 Å². The number of hydrogen-bond acceptors (Lipinski definition) is 2. The van der Waals surface area contributed by atoms with E-state index >= 15 is 0 Å². The molecule has 0 saturated carbocycles. The summed E-state index contributed by atoms with van der Waals surface area (Å²) in [7, 11) is 0. The molecule has 2 heteroatoms. The average Bonchev–Trinajstić information content (AvgIpc) is 2.26. The van der Waals surface area contributed by atoms with Crippen molar-refractivity contribution >= 4 is 0 Å². The first-order valence-corrected chi connectivity index (χ1v) is 5.19. The number of benzene rings is 1. The molecule has 0 fully saturated rings. The fourth-order valence-corrected chi connectivity index (χ4v) is 1.86. The highest BCUT2D eigenvalue weighted by Gasteiger charge is 2.09. The Morgan fingerprint density at radius 1 is 1.29 bits per heavy atom. The molecule has 76 valence electrons. The fourth-order valence-electron chi connectivity index (χ4n) is 1.86. The second-order valence-electron chi connectivity index (χ2n) is 3.73. The van der Waals surface area contributed by atoms with Gasteiger partial charge in [-0.05, 0) is 36.0 Å². The first kappa shape index (κ1) is 9.69. The highest BCUT2D eigenvalue weighted by atomic mass is 16.5. The zero-order valence-electron chi connectivity index (χ0n) is 8.33. The number of rotatable bonds is 3. The minimum absolute atomic E-state index is 0.271. The maximum atomic E-state index is 8.74. The summed E-state index contributed by atoms with van der Waals surface area (Å²) in [5.74, 6) is 0. The average molecular weight is 192 g/mol. The van der Waals surface area contributed by atoms with Crippen molar-refractivity contribution in [3.8, 4) is 0 Å². The normalized spacial score (nSPS) is 15.2. The summed E-state index contributed by atoms with van der Waals surface area (Å²) in [5.41, 5.74) is 4.05. The monoisotopic (exact) mass is 192 g/mol. The van der Waals surface area contributed by atoms with Gasteiger partial charge in [0.05, 0.1) is 13.2 Å². The molecule has 0 amide bonds. The van der Waals surface area contributed by atoms with Crippen LogP contribution in [0.4, 0.5) is 0 Å². The predicted molar refractivity (Wildman–Crippen MR) is 55.2 cm³/mol. The van der Waals surface area contributed by atoms with E-state index < -0.39 is 0 Å². The molecular weight excluding hydrogens is 176 g/mol. The molecule has 1 heterocycles. The smallest absolute Gasteiger partial charge is 0.0719 e. The van der Waals surface area contributed by atoms with Crippen molar-refractivity contribution in [3.63, 3.8) is 0 Å². The second kappa shape index (κ2) is 4.58. The van der Waals surface area contributed by atoms with Crippen molar-refractivity contribution in [3.05, 3.63) is 34.9 Å². The topological polar surface area (TPSA) is 29.5 Å². The highest BCUT2D eigenvalue weighted by Crippen LogP contribution is 2.18. The lowest BCUT2D eigenvalue weighted by atomic mass is 9.99. The molecule has 0 bridgehead atoms. The first-order chi connectivity index (χ1) is 6.90. The summed E-state index contributed by atoms with van der Waals surface area (Å²) in [6.07, 6.45) is 2.85. The molecule has 0 saturated heterocycles. The lowest BCUT2D eigenvalue weighted by Gasteiger charge is -2.17. The van der Waals surface area contributed by atoms with Crippen LogP contribution in [0.3, 0.4) is 0 Å². The summed E-state index contributed by atoms with van der Waals surface area (Å²) >= 11 is 0. The summed E-state index contributed by atoms with van der Waals surface area (Å²) in [4.78, 5) is 0. The van der Waals surface area contributed by atoms with E-state index in [1.54, 1.807) is 0 Å². The van der Waals surface area contributed by atoms with Crippen LogP contribution in [0.1, 0.15) is 23.1 Å². The number of aliphatic hydroxyl groups is 1. The summed E-state index contributed by atoms with van der Waals surface area (Å²) in [6.45, 7) is 1.87. The van der Waals surface area contributed by atoms with Gasteiger partial charge in [-0.1, -0.05) is 18.2 Å². The van der Waals surface area contributed by atoms with Gasteiger partial charge in [-0.25, -0.2) is 0 Å². The van der Waals surface area contributed by atoms with Crippen molar-refractivity contribution < 1.29 is 9.84 Å². The Kier molecular flexibility index (Phi) is 3.17. The lowest BCUT2D eigenvalue weighted by Crippen LogP contribution is -2.10. The van der Waals surface area contributed by atoms with Crippen LogP contribution in [0.15, 0.2) is 18.2 Å². The van der Waals surface area contributed by atoms with Crippen LogP contribution in [0.2, 0.25) is 0 Å². The highest BCUT2D eigenvalue weighted by molar-refractivity contribution is 5.32. The van der Waals surface area contributed by atoms with E-state index in [0.717, 1.165) is 32.5 Å². The Morgan fingerprint density at radius 3 is 3.07 bits per heavy atom. The number of hydrogen-bond donors (Lipinski definition) is 1. The van der Waals surface area contributed by atoms with E-state index in [4.69, 9.17) is 9.84 Å². The van der Waals surface area contributed by atoms with Gasteiger partial charge >= 0.3 is 0 Å². The molecule has 1 aromatic carbocycles. The maximum absolute atomic E-state index is 8.74. The molecule has 14 heavy (non-hydrogen) atoms. The van der Waals surface area contributed by atoms with Crippen LogP contribution in [0.5, 0.6) is 0 Å². The Hall–Kier alpha value is -0.860. The molecule has 0 spiro atoms. The van der Waals surface area contributed by atoms with Gasteiger partial charge < -0.3 is 9.84 Å². The Bertz CT molecular complexity index is 307. The molecule has 0 aromatic heterocycles. The van der Waals surface area contributed by atoms with Gasteiger partial charge in [0.2, 0.25) is 0 Å². The van der Waals surface area contributed by atoms with Gasteiger partial charge in [0.1, 0.15) is 0 Å². The molecular formula is C12H16O2. The number of aryl methyl sites for hydroxylation is 1. The molecule has 0 atom stereocenters. The Morgan fingerprint density at radius 2 is 2.21 bits per heavy atom. The van der Waals surface area contributed by atoms with Gasteiger partial charge in [0.25, 0.3) is 0 Å². The number of fused-ring (bicyclic) bond motifs is 1. The third kappa shape index (κ3) is 2.14. The van der Waals surface area contributed by atoms with Gasteiger partial charge in [0, 0.05) is 6.61 Å². The fraction of sp³-hybridized carbons (Fsp3) is 0.500. The minimum atomic E-state index is 0.271. The van der Waals surface area contributed by atoms with Gasteiger partial charge in [-0.2, -0.15) is 0 Å². The first-order valence-electron chi connectivity index (χ1n) is 5.19. The largest absolute Gasteiger partial charge is 0.396 e. The third-order valence-corrected chi connectivity index (χ3v) is 2.67. The van der Waals surface area contributed by atoms with Crippen molar-refractivity contribution in [2.45, 2.75) is 25.9 Å². The Labute approximate surface area is 84.5 Å². The molecule has 0 unspecified atom stereocenters.